The predicted molar refractivity (Wildman–Crippen MR) is 137 cm³/mol. The molecule has 0 saturated heterocycles. The number of rotatable bonds is 6. The van der Waals surface area contributed by atoms with Crippen LogP contribution < -0.4 is 16.4 Å². The van der Waals surface area contributed by atoms with Crippen LogP contribution in [-0.4, -0.2) is 42.7 Å². The highest BCUT2D eigenvalue weighted by atomic mass is 35.5. The number of imidazole rings is 1. The van der Waals surface area contributed by atoms with E-state index in [9.17, 15) is 18.7 Å². The van der Waals surface area contributed by atoms with E-state index in [2.05, 4.69) is 20.6 Å². The van der Waals surface area contributed by atoms with Crippen LogP contribution in [-0.2, 0) is 4.79 Å². The quantitative estimate of drug-likeness (QED) is 0.357. The van der Waals surface area contributed by atoms with Crippen LogP contribution in [0.3, 0.4) is 0 Å². The van der Waals surface area contributed by atoms with Gasteiger partial charge in [0.15, 0.2) is 11.5 Å². The van der Waals surface area contributed by atoms with Crippen molar-refractivity contribution in [2.24, 2.45) is 11.1 Å². The molecule has 2 fully saturated rings. The minimum atomic E-state index is -0.849. The number of nitrogens with two attached hydrogens (primary N) is 1. The number of nitrogens with one attached hydrogen (secondary N) is 2. The highest BCUT2D eigenvalue weighted by Gasteiger charge is 2.38. The fourth-order valence-electron chi connectivity index (χ4n) is 5.39. The molecule has 2 aliphatic carbocycles. The Morgan fingerprint density at radius 3 is 2.65 bits per heavy atom. The Bertz CT molecular complexity index is 1300. The molecule has 0 radical (unpaired) electrons. The van der Waals surface area contributed by atoms with E-state index in [1.807, 2.05) is 11.5 Å². The summed E-state index contributed by atoms with van der Waals surface area (Å²) >= 11 is 6.15. The van der Waals surface area contributed by atoms with Crippen molar-refractivity contribution in [2.45, 2.75) is 76.5 Å². The first-order chi connectivity index (χ1) is 17.6. The molecular weight excluding hydrogens is 504 g/mol. The van der Waals surface area contributed by atoms with E-state index in [0.717, 1.165) is 31.4 Å². The van der Waals surface area contributed by atoms with Crippen molar-refractivity contribution in [1.82, 2.24) is 19.5 Å². The van der Waals surface area contributed by atoms with Gasteiger partial charge in [-0.05, 0) is 57.4 Å². The summed E-state index contributed by atoms with van der Waals surface area (Å²) in [7, 11) is 0. The Hall–Kier alpha value is -3.05. The first-order valence-corrected chi connectivity index (χ1v) is 12.9. The van der Waals surface area contributed by atoms with Crippen molar-refractivity contribution in [3.63, 3.8) is 0 Å². The van der Waals surface area contributed by atoms with E-state index >= 15 is 0 Å². The number of fused-ring (bicyclic) bond motifs is 1. The van der Waals surface area contributed by atoms with Crippen LogP contribution in [0.25, 0.3) is 11.2 Å². The van der Waals surface area contributed by atoms with E-state index in [-0.39, 0.29) is 40.8 Å². The monoisotopic (exact) mass is 533 g/mol. The summed E-state index contributed by atoms with van der Waals surface area (Å²) in [4.78, 5) is 25.8. The molecule has 12 heteroatoms. The van der Waals surface area contributed by atoms with Gasteiger partial charge in [0, 0.05) is 23.6 Å². The van der Waals surface area contributed by atoms with E-state index in [1.165, 1.54) is 0 Å². The molecule has 3 aromatic rings. The lowest BCUT2D eigenvalue weighted by atomic mass is 9.73. The third-order valence-corrected chi connectivity index (χ3v) is 7.97. The van der Waals surface area contributed by atoms with Crippen molar-refractivity contribution in [3.8, 4) is 0 Å². The Kier molecular flexibility index (Phi) is 6.93. The number of carbonyl (C=O) groups is 1. The van der Waals surface area contributed by atoms with Crippen LogP contribution in [0, 0.1) is 17.0 Å². The zero-order valence-electron chi connectivity index (χ0n) is 20.5. The number of anilines is 3. The lowest BCUT2D eigenvalue weighted by molar-refractivity contribution is -0.128. The largest absolute Gasteiger partial charge is 0.393 e. The number of hydrogen-bond acceptors (Lipinski definition) is 7. The van der Waals surface area contributed by atoms with Crippen LogP contribution in [0.1, 0.15) is 64.3 Å². The van der Waals surface area contributed by atoms with E-state index < -0.39 is 17.0 Å². The molecule has 2 atom stereocenters. The highest BCUT2D eigenvalue weighted by molar-refractivity contribution is 6.33. The summed E-state index contributed by atoms with van der Waals surface area (Å²) in [5.74, 6) is -1.27. The minimum absolute atomic E-state index is 0.0493. The molecular formula is C25H30ClF2N7O2. The molecule has 1 aromatic carbocycles. The number of hydrogen-bond donors (Lipinski definition) is 4. The number of amides is 1. The van der Waals surface area contributed by atoms with Crippen molar-refractivity contribution in [3.05, 3.63) is 35.0 Å². The molecule has 5 rings (SSSR count). The van der Waals surface area contributed by atoms with Gasteiger partial charge in [-0.3, -0.25) is 9.36 Å². The lowest BCUT2D eigenvalue weighted by Gasteiger charge is -2.35. The molecule has 0 unspecified atom stereocenters. The Morgan fingerprint density at radius 2 is 1.97 bits per heavy atom. The van der Waals surface area contributed by atoms with Gasteiger partial charge >= 0.3 is 0 Å². The van der Waals surface area contributed by atoms with E-state index in [0.29, 0.717) is 49.2 Å². The van der Waals surface area contributed by atoms with Crippen LogP contribution >= 0.6 is 11.6 Å². The fourth-order valence-corrected chi connectivity index (χ4v) is 5.63. The summed E-state index contributed by atoms with van der Waals surface area (Å²) in [5.41, 5.74) is 5.97. The third-order valence-electron chi connectivity index (χ3n) is 7.67. The summed E-state index contributed by atoms with van der Waals surface area (Å²) in [5, 5.41) is 16.2. The van der Waals surface area contributed by atoms with Gasteiger partial charge in [0.05, 0.1) is 23.0 Å². The average Bonchev–Trinajstić information content (AvgIpc) is 3.19. The topological polar surface area (TPSA) is 131 Å². The van der Waals surface area contributed by atoms with Gasteiger partial charge in [-0.15, -0.1) is 0 Å². The number of aliphatic hydroxyl groups excluding tert-OH is 1. The van der Waals surface area contributed by atoms with Crippen LogP contribution in [0.5, 0.6) is 0 Å². The molecule has 2 aliphatic rings. The SMILES string of the molecule is C[C@]1(C(N)=O)CC[C@H](n2c(Nc3c(F)cc(F)cc3Cl)nc3cnc(N[C@H]4CCC[C@H](O)C4)nc32)CC1. The second kappa shape index (κ2) is 10.0. The molecule has 198 valence electrons. The summed E-state index contributed by atoms with van der Waals surface area (Å²) < 4.78 is 30.1. The molecule has 0 bridgehead atoms. The minimum Gasteiger partial charge on any atom is -0.393 e. The molecule has 1 amide bonds. The molecule has 0 spiro atoms. The third kappa shape index (κ3) is 5.19. The number of aromatic nitrogens is 4. The first kappa shape index (κ1) is 25.6. The normalized spacial score (nSPS) is 26.2. The number of benzene rings is 1. The van der Waals surface area contributed by atoms with E-state index in [4.69, 9.17) is 22.3 Å². The lowest BCUT2D eigenvalue weighted by Crippen LogP contribution is -2.38. The molecule has 2 saturated carbocycles. The fraction of sp³-hybridized carbons (Fsp3) is 0.520. The summed E-state index contributed by atoms with van der Waals surface area (Å²) in [6, 6.07) is 1.72. The zero-order chi connectivity index (χ0) is 26.3. The number of primary amides is 1. The van der Waals surface area contributed by atoms with Gasteiger partial charge in [-0.1, -0.05) is 18.5 Å². The van der Waals surface area contributed by atoms with Crippen LogP contribution in [0.15, 0.2) is 18.3 Å². The van der Waals surface area contributed by atoms with Gasteiger partial charge < -0.3 is 21.5 Å². The molecule has 0 aliphatic heterocycles. The van der Waals surface area contributed by atoms with Gasteiger partial charge in [0.1, 0.15) is 11.3 Å². The van der Waals surface area contributed by atoms with Crippen molar-refractivity contribution in [2.75, 3.05) is 10.6 Å². The number of halogens is 3. The Balaban J connectivity index is 1.52. The molecule has 2 aromatic heterocycles. The van der Waals surface area contributed by atoms with Crippen molar-refractivity contribution in [1.29, 1.82) is 0 Å². The van der Waals surface area contributed by atoms with Gasteiger partial charge in [-0.2, -0.15) is 4.98 Å². The second-order valence-electron chi connectivity index (χ2n) is 10.4. The van der Waals surface area contributed by atoms with Crippen molar-refractivity contribution >= 4 is 46.3 Å². The van der Waals surface area contributed by atoms with Gasteiger partial charge in [0.25, 0.3) is 0 Å². The maximum absolute atomic E-state index is 14.6. The van der Waals surface area contributed by atoms with Crippen molar-refractivity contribution < 1.29 is 18.7 Å². The summed E-state index contributed by atoms with van der Waals surface area (Å²) in [6.45, 7) is 1.87. The second-order valence-corrected chi connectivity index (χ2v) is 10.8. The molecule has 5 N–H and O–H groups in total. The van der Waals surface area contributed by atoms with Crippen LogP contribution in [0.2, 0.25) is 5.02 Å². The van der Waals surface area contributed by atoms with Gasteiger partial charge in [-0.25, -0.2) is 18.7 Å². The standard InChI is InChI=1S/C25H30ClF2N7O2/c1-25(22(29)37)7-5-15(6-8-25)35-21-19(12-30-23(34-21)31-14-3-2-4-16(36)11-14)32-24(35)33-20-17(26)9-13(27)10-18(20)28/h9-10,12,14-16,36H,2-8,11H2,1H3,(H2,29,37)(H,32,33)(H,30,31,34)/t14-,15-,16-,25-/m0/s1. The molecule has 9 nitrogen and oxygen atoms in total. The number of carbonyl (C=O) groups excluding carboxylic acids is 1. The summed E-state index contributed by atoms with van der Waals surface area (Å²) in [6.07, 6.45) is 6.86. The average molecular weight is 534 g/mol. The Labute approximate surface area is 217 Å². The van der Waals surface area contributed by atoms with Gasteiger partial charge in [0.2, 0.25) is 17.8 Å². The molecule has 2 heterocycles. The maximum atomic E-state index is 14.6. The van der Waals surface area contributed by atoms with E-state index in [1.54, 1.807) is 6.20 Å². The predicted octanol–water partition coefficient (Wildman–Crippen LogP) is 4.82. The Morgan fingerprint density at radius 1 is 1.22 bits per heavy atom. The van der Waals surface area contributed by atoms with Crippen LogP contribution in [0.4, 0.5) is 26.4 Å². The first-order valence-electron chi connectivity index (χ1n) is 12.5. The number of aliphatic hydroxyl groups is 1. The number of nitrogens with zero attached hydrogens (tertiary/aromatic N) is 4. The zero-order valence-corrected chi connectivity index (χ0v) is 21.2. The maximum Gasteiger partial charge on any atom is 0.224 e. The molecule has 37 heavy (non-hydrogen) atoms. The smallest absolute Gasteiger partial charge is 0.224 e. The highest BCUT2D eigenvalue weighted by Crippen LogP contribution is 2.43.